The van der Waals surface area contributed by atoms with E-state index in [4.69, 9.17) is 0 Å². The van der Waals surface area contributed by atoms with E-state index in [0.29, 0.717) is 5.69 Å². The lowest BCUT2D eigenvalue weighted by Crippen LogP contribution is -2.39. The number of carbonyl (C=O) groups excluding carboxylic acids is 1. The first-order chi connectivity index (χ1) is 9.75. The normalized spacial score (nSPS) is 19.1. The van der Waals surface area contributed by atoms with Crippen molar-refractivity contribution in [1.82, 2.24) is 24.8 Å². The van der Waals surface area contributed by atoms with Crippen molar-refractivity contribution in [2.75, 3.05) is 6.54 Å². The minimum atomic E-state index is -0.0673. The Morgan fingerprint density at radius 3 is 3.05 bits per heavy atom. The number of likely N-dealkylation sites (tertiary alicyclic amines) is 1. The standard InChI is InChI=1S/C14H17N5O/c1-10-8-15-9-11(18-10)14(20)19-7-3-2-4-12(19)13-16-5-6-17-13/h5-6,8-9,12H,2-4,7H2,1H3,(H,16,17). The lowest BCUT2D eigenvalue weighted by Gasteiger charge is -2.34. The SMILES string of the molecule is Cc1cncc(C(=O)N2CCCCC2c2ncc[nH]2)n1. The maximum Gasteiger partial charge on any atom is 0.274 e. The third kappa shape index (κ3) is 2.41. The van der Waals surface area contributed by atoms with Gasteiger partial charge in [0, 0.05) is 25.1 Å². The Morgan fingerprint density at radius 2 is 2.30 bits per heavy atom. The number of amides is 1. The van der Waals surface area contributed by atoms with Crippen molar-refractivity contribution in [3.8, 4) is 0 Å². The zero-order valence-corrected chi connectivity index (χ0v) is 11.4. The molecule has 1 N–H and O–H groups in total. The highest BCUT2D eigenvalue weighted by molar-refractivity contribution is 5.92. The molecule has 1 amide bonds. The fourth-order valence-electron chi connectivity index (χ4n) is 2.63. The van der Waals surface area contributed by atoms with Gasteiger partial charge >= 0.3 is 0 Å². The Morgan fingerprint density at radius 1 is 1.40 bits per heavy atom. The van der Waals surface area contributed by atoms with Crippen molar-refractivity contribution < 1.29 is 4.79 Å². The Hall–Kier alpha value is -2.24. The Bertz CT molecular complexity index is 595. The fourth-order valence-corrected chi connectivity index (χ4v) is 2.63. The molecule has 0 radical (unpaired) electrons. The summed E-state index contributed by atoms with van der Waals surface area (Å²) in [7, 11) is 0. The second-order valence-corrected chi connectivity index (χ2v) is 5.03. The number of imidazole rings is 1. The van der Waals surface area contributed by atoms with Crippen LogP contribution in [-0.2, 0) is 0 Å². The molecule has 2 aromatic heterocycles. The molecule has 1 fully saturated rings. The van der Waals surface area contributed by atoms with Crippen LogP contribution in [0.15, 0.2) is 24.8 Å². The summed E-state index contributed by atoms with van der Waals surface area (Å²) < 4.78 is 0. The van der Waals surface area contributed by atoms with E-state index >= 15 is 0 Å². The highest BCUT2D eigenvalue weighted by Gasteiger charge is 2.30. The fraction of sp³-hybridized carbons (Fsp3) is 0.429. The predicted octanol–water partition coefficient (Wildman–Crippen LogP) is 1.88. The minimum Gasteiger partial charge on any atom is -0.347 e. The quantitative estimate of drug-likeness (QED) is 0.904. The Kier molecular flexibility index (Phi) is 3.45. The molecule has 2 aromatic rings. The van der Waals surface area contributed by atoms with E-state index in [1.807, 2.05) is 11.8 Å². The van der Waals surface area contributed by atoms with Gasteiger partial charge in [-0.05, 0) is 26.2 Å². The molecule has 1 aliphatic rings. The molecule has 0 spiro atoms. The number of H-pyrrole nitrogens is 1. The molecule has 3 rings (SSSR count). The lowest BCUT2D eigenvalue weighted by atomic mass is 10.0. The van der Waals surface area contributed by atoms with Crippen molar-refractivity contribution in [3.05, 3.63) is 42.0 Å². The third-order valence-electron chi connectivity index (χ3n) is 3.57. The van der Waals surface area contributed by atoms with Crippen LogP contribution in [0.25, 0.3) is 0 Å². The molecule has 20 heavy (non-hydrogen) atoms. The Balaban J connectivity index is 1.88. The van der Waals surface area contributed by atoms with E-state index in [-0.39, 0.29) is 11.9 Å². The van der Waals surface area contributed by atoms with Gasteiger partial charge in [0.15, 0.2) is 0 Å². The van der Waals surface area contributed by atoms with Crippen molar-refractivity contribution in [2.24, 2.45) is 0 Å². The highest BCUT2D eigenvalue weighted by Crippen LogP contribution is 2.29. The van der Waals surface area contributed by atoms with E-state index in [1.54, 1.807) is 18.6 Å². The first kappa shape index (κ1) is 12.8. The zero-order valence-electron chi connectivity index (χ0n) is 11.4. The molecule has 0 saturated carbocycles. The van der Waals surface area contributed by atoms with Gasteiger partial charge in [-0.2, -0.15) is 0 Å². The summed E-state index contributed by atoms with van der Waals surface area (Å²) in [5.41, 5.74) is 1.16. The van der Waals surface area contributed by atoms with Gasteiger partial charge in [0.2, 0.25) is 0 Å². The van der Waals surface area contributed by atoms with E-state index in [1.165, 1.54) is 6.20 Å². The number of piperidine rings is 1. The summed E-state index contributed by atoms with van der Waals surface area (Å²) >= 11 is 0. The van der Waals surface area contributed by atoms with Crippen LogP contribution in [-0.4, -0.2) is 37.3 Å². The smallest absolute Gasteiger partial charge is 0.274 e. The van der Waals surface area contributed by atoms with Crippen molar-refractivity contribution >= 4 is 5.91 Å². The molecular formula is C14H17N5O. The van der Waals surface area contributed by atoms with Crippen LogP contribution < -0.4 is 0 Å². The van der Waals surface area contributed by atoms with Gasteiger partial charge in [-0.25, -0.2) is 9.97 Å². The molecule has 0 aliphatic carbocycles. The van der Waals surface area contributed by atoms with Crippen LogP contribution in [0.4, 0.5) is 0 Å². The van der Waals surface area contributed by atoms with Crippen LogP contribution in [0.1, 0.15) is 47.3 Å². The third-order valence-corrected chi connectivity index (χ3v) is 3.57. The second-order valence-electron chi connectivity index (χ2n) is 5.03. The first-order valence-corrected chi connectivity index (χ1v) is 6.84. The van der Waals surface area contributed by atoms with E-state index in [0.717, 1.165) is 37.3 Å². The molecule has 1 aliphatic heterocycles. The number of aryl methyl sites for hydroxylation is 1. The van der Waals surface area contributed by atoms with Crippen molar-refractivity contribution in [3.63, 3.8) is 0 Å². The maximum atomic E-state index is 12.6. The number of carbonyl (C=O) groups is 1. The van der Waals surface area contributed by atoms with Crippen LogP contribution in [0.2, 0.25) is 0 Å². The van der Waals surface area contributed by atoms with Gasteiger partial charge in [-0.3, -0.25) is 9.78 Å². The number of nitrogens with zero attached hydrogens (tertiary/aromatic N) is 4. The number of rotatable bonds is 2. The molecule has 0 bridgehead atoms. The molecule has 0 aromatic carbocycles. The van der Waals surface area contributed by atoms with E-state index < -0.39 is 0 Å². The summed E-state index contributed by atoms with van der Waals surface area (Å²) in [6.45, 7) is 2.57. The highest BCUT2D eigenvalue weighted by atomic mass is 16.2. The average Bonchev–Trinajstić information content (AvgIpc) is 3.00. The maximum absolute atomic E-state index is 12.6. The van der Waals surface area contributed by atoms with Crippen LogP contribution in [0, 0.1) is 6.92 Å². The summed E-state index contributed by atoms with van der Waals surface area (Å²) in [4.78, 5) is 30.2. The molecular weight excluding hydrogens is 254 g/mol. The van der Waals surface area contributed by atoms with Gasteiger partial charge in [-0.15, -0.1) is 0 Å². The summed E-state index contributed by atoms with van der Waals surface area (Å²) in [6.07, 6.45) is 9.74. The molecule has 1 saturated heterocycles. The monoisotopic (exact) mass is 271 g/mol. The lowest BCUT2D eigenvalue weighted by molar-refractivity contribution is 0.0594. The number of aromatic nitrogens is 4. The van der Waals surface area contributed by atoms with Crippen LogP contribution in [0.3, 0.4) is 0 Å². The average molecular weight is 271 g/mol. The van der Waals surface area contributed by atoms with E-state index in [9.17, 15) is 4.79 Å². The largest absolute Gasteiger partial charge is 0.347 e. The molecule has 1 atom stereocenters. The van der Waals surface area contributed by atoms with Crippen molar-refractivity contribution in [1.29, 1.82) is 0 Å². The molecule has 104 valence electrons. The molecule has 3 heterocycles. The van der Waals surface area contributed by atoms with Crippen LogP contribution in [0.5, 0.6) is 0 Å². The molecule has 1 unspecified atom stereocenters. The summed E-state index contributed by atoms with van der Waals surface area (Å²) in [5.74, 6) is 0.779. The summed E-state index contributed by atoms with van der Waals surface area (Å²) in [5, 5.41) is 0. The topological polar surface area (TPSA) is 74.8 Å². The van der Waals surface area contributed by atoms with Gasteiger partial charge in [0.25, 0.3) is 5.91 Å². The van der Waals surface area contributed by atoms with Gasteiger partial charge < -0.3 is 9.88 Å². The van der Waals surface area contributed by atoms with Crippen LogP contribution >= 0.6 is 0 Å². The predicted molar refractivity (Wildman–Crippen MR) is 73.0 cm³/mol. The number of nitrogens with one attached hydrogen (secondary N) is 1. The summed E-state index contributed by atoms with van der Waals surface area (Å²) in [6, 6.07) is 0.00793. The van der Waals surface area contributed by atoms with Gasteiger partial charge in [0.1, 0.15) is 11.5 Å². The molecule has 6 heteroatoms. The zero-order chi connectivity index (χ0) is 13.9. The van der Waals surface area contributed by atoms with Gasteiger partial charge in [0.05, 0.1) is 17.9 Å². The first-order valence-electron chi connectivity index (χ1n) is 6.84. The molecule has 6 nitrogen and oxygen atoms in total. The minimum absolute atomic E-state index is 0.00793. The number of hydrogen-bond acceptors (Lipinski definition) is 4. The van der Waals surface area contributed by atoms with Crippen molar-refractivity contribution in [2.45, 2.75) is 32.2 Å². The Labute approximate surface area is 117 Å². The van der Waals surface area contributed by atoms with Gasteiger partial charge in [-0.1, -0.05) is 0 Å². The van der Waals surface area contributed by atoms with E-state index in [2.05, 4.69) is 19.9 Å². The number of hydrogen-bond donors (Lipinski definition) is 1. The number of aromatic amines is 1. The second kappa shape index (κ2) is 5.40.